The smallest absolute Gasteiger partial charge is 0.321 e. The third-order valence-electron chi connectivity index (χ3n) is 5.10. The lowest BCUT2D eigenvalue weighted by molar-refractivity contribution is -0.910. The van der Waals surface area contributed by atoms with Crippen molar-refractivity contribution in [3.8, 4) is 11.5 Å². The Hall–Kier alpha value is -2.28. The van der Waals surface area contributed by atoms with E-state index >= 15 is 0 Å². The van der Waals surface area contributed by atoms with Gasteiger partial charge in [0, 0.05) is 24.9 Å². The van der Waals surface area contributed by atoms with Gasteiger partial charge in [-0.3, -0.25) is 10.1 Å². The van der Waals surface area contributed by atoms with Gasteiger partial charge >= 0.3 is 6.03 Å². The molecule has 0 saturated carbocycles. The minimum atomic E-state index is -0.407. The molecule has 2 aliphatic heterocycles. The Bertz CT molecular complexity index is 677. The molecule has 1 fully saturated rings. The average molecular weight is 376 g/mol. The molecule has 3 amide bonds. The maximum Gasteiger partial charge on any atom is 0.321 e. The van der Waals surface area contributed by atoms with Crippen LogP contribution in [0.1, 0.15) is 44.7 Å². The molecule has 148 valence electrons. The highest BCUT2D eigenvalue weighted by molar-refractivity contribution is 5.94. The highest BCUT2D eigenvalue weighted by atomic mass is 16.6. The molecule has 2 atom stereocenters. The first kappa shape index (κ1) is 19.5. The van der Waals surface area contributed by atoms with Gasteiger partial charge in [0.1, 0.15) is 19.3 Å². The van der Waals surface area contributed by atoms with Crippen molar-refractivity contribution in [1.82, 2.24) is 10.6 Å². The summed E-state index contributed by atoms with van der Waals surface area (Å²) >= 11 is 0. The number of imide groups is 1. The zero-order valence-electron chi connectivity index (χ0n) is 16.2. The summed E-state index contributed by atoms with van der Waals surface area (Å²) in [6.07, 6.45) is 2.97. The summed E-state index contributed by atoms with van der Waals surface area (Å²) in [7, 11) is 0. The van der Waals surface area contributed by atoms with Crippen molar-refractivity contribution in [3.05, 3.63) is 23.8 Å². The summed E-state index contributed by atoms with van der Waals surface area (Å²) in [5.41, 5.74) is 1.15. The minimum Gasteiger partial charge on any atom is -0.486 e. The van der Waals surface area contributed by atoms with E-state index < -0.39 is 6.03 Å². The molecule has 3 rings (SSSR count). The molecule has 2 heterocycles. The van der Waals surface area contributed by atoms with Crippen LogP contribution in [0.4, 0.5) is 4.79 Å². The molecule has 1 unspecified atom stereocenters. The average Bonchev–Trinajstić information content (AvgIpc) is 3.08. The zero-order chi connectivity index (χ0) is 19.2. The second-order valence-electron chi connectivity index (χ2n) is 7.67. The van der Waals surface area contributed by atoms with Crippen LogP contribution in [-0.2, 0) is 4.79 Å². The van der Waals surface area contributed by atoms with Crippen molar-refractivity contribution in [3.63, 3.8) is 0 Å². The fourth-order valence-corrected chi connectivity index (χ4v) is 3.70. The van der Waals surface area contributed by atoms with Crippen LogP contribution in [0.3, 0.4) is 0 Å². The van der Waals surface area contributed by atoms with Crippen LogP contribution in [0.15, 0.2) is 18.2 Å². The summed E-state index contributed by atoms with van der Waals surface area (Å²) in [5.74, 6) is 1.83. The van der Waals surface area contributed by atoms with Crippen molar-refractivity contribution in [2.75, 3.05) is 32.8 Å². The van der Waals surface area contributed by atoms with E-state index in [4.69, 9.17) is 9.47 Å². The maximum absolute atomic E-state index is 12.3. The van der Waals surface area contributed by atoms with Crippen molar-refractivity contribution < 1.29 is 24.0 Å². The lowest BCUT2D eigenvalue weighted by atomic mass is 10.0. The van der Waals surface area contributed by atoms with E-state index in [-0.39, 0.29) is 18.5 Å². The Morgan fingerprint density at radius 2 is 2.00 bits per heavy atom. The van der Waals surface area contributed by atoms with Crippen molar-refractivity contribution in [2.45, 2.75) is 39.2 Å². The molecule has 7 heteroatoms. The number of hydrogen-bond acceptors (Lipinski definition) is 4. The predicted octanol–water partition coefficient (Wildman–Crippen LogP) is 1.05. The molecule has 0 radical (unpaired) electrons. The Morgan fingerprint density at radius 3 is 2.78 bits per heavy atom. The van der Waals surface area contributed by atoms with Crippen LogP contribution < -0.4 is 25.0 Å². The van der Waals surface area contributed by atoms with Gasteiger partial charge in [0.25, 0.3) is 5.91 Å². The van der Waals surface area contributed by atoms with Crippen molar-refractivity contribution >= 4 is 11.9 Å². The summed E-state index contributed by atoms with van der Waals surface area (Å²) in [6.45, 7) is 7.11. The zero-order valence-corrected chi connectivity index (χ0v) is 16.2. The number of amides is 3. The third kappa shape index (κ3) is 5.35. The molecular formula is C20H30N3O4+. The SMILES string of the molecule is CC(C)CCNC(=O)NC(=O)C[NH+]1CCC[C@H]1c1ccc2c(c1)OCCO2. The Labute approximate surface area is 160 Å². The Kier molecular flexibility index (Phi) is 6.55. The first-order valence-corrected chi connectivity index (χ1v) is 9.84. The van der Waals surface area contributed by atoms with Gasteiger partial charge in [0.05, 0.1) is 6.54 Å². The number of carbonyl (C=O) groups is 2. The summed E-state index contributed by atoms with van der Waals surface area (Å²) in [4.78, 5) is 25.3. The molecule has 0 bridgehead atoms. The second-order valence-corrected chi connectivity index (χ2v) is 7.67. The number of nitrogens with one attached hydrogen (secondary N) is 3. The van der Waals surface area contributed by atoms with Crippen LogP contribution >= 0.6 is 0 Å². The molecular weight excluding hydrogens is 346 g/mol. The maximum atomic E-state index is 12.3. The normalized spacial score (nSPS) is 21.1. The lowest BCUT2D eigenvalue weighted by Gasteiger charge is -2.23. The van der Waals surface area contributed by atoms with Gasteiger partial charge in [0.2, 0.25) is 0 Å². The van der Waals surface area contributed by atoms with E-state index in [0.717, 1.165) is 42.9 Å². The summed E-state index contributed by atoms with van der Waals surface area (Å²) < 4.78 is 11.3. The fourth-order valence-electron chi connectivity index (χ4n) is 3.70. The Balaban J connectivity index is 1.53. The minimum absolute atomic E-state index is 0.232. The van der Waals surface area contributed by atoms with Gasteiger partial charge in [-0.05, 0) is 30.5 Å². The molecule has 1 saturated heterocycles. The van der Waals surface area contributed by atoms with E-state index in [1.807, 2.05) is 12.1 Å². The van der Waals surface area contributed by atoms with Crippen molar-refractivity contribution in [1.29, 1.82) is 0 Å². The fraction of sp³-hybridized carbons (Fsp3) is 0.600. The van der Waals surface area contributed by atoms with E-state index in [0.29, 0.717) is 25.7 Å². The van der Waals surface area contributed by atoms with Gasteiger partial charge < -0.3 is 19.7 Å². The standard InChI is InChI=1S/C20H29N3O4/c1-14(2)7-8-21-20(25)22-19(24)13-23-9-3-4-16(23)15-5-6-17-18(12-15)27-11-10-26-17/h5-6,12,14,16H,3-4,7-11,13H2,1-2H3,(H2,21,22,24,25)/p+1/t16-/m0/s1. The van der Waals surface area contributed by atoms with E-state index in [9.17, 15) is 9.59 Å². The first-order valence-electron chi connectivity index (χ1n) is 9.84. The van der Waals surface area contributed by atoms with Crippen LogP contribution in [0.25, 0.3) is 0 Å². The lowest BCUT2D eigenvalue weighted by Crippen LogP contribution is -3.11. The molecule has 27 heavy (non-hydrogen) atoms. The number of ether oxygens (including phenoxy) is 2. The number of likely N-dealkylation sites (tertiary alicyclic amines) is 1. The first-order chi connectivity index (χ1) is 13.0. The van der Waals surface area contributed by atoms with Gasteiger partial charge in [-0.1, -0.05) is 13.8 Å². The number of quaternary nitrogens is 1. The molecule has 1 aromatic carbocycles. The second kappa shape index (κ2) is 9.08. The van der Waals surface area contributed by atoms with Gasteiger partial charge in [-0.25, -0.2) is 4.79 Å². The molecule has 7 nitrogen and oxygen atoms in total. The third-order valence-corrected chi connectivity index (χ3v) is 5.10. The predicted molar refractivity (Wildman–Crippen MR) is 101 cm³/mol. The molecule has 0 aromatic heterocycles. The van der Waals surface area contributed by atoms with Crippen molar-refractivity contribution in [2.24, 2.45) is 5.92 Å². The highest BCUT2D eigenvalue weighted by Crippen LogP contribution is 2.33. The largest absolute Gasteiger partial charge is 0.486 e. The number of fused-ring (bicyclic) bond motifs is 1. The number of hydrogen-bond donors (Lipinski definition) is 3. The molecule has 2 aliphatic rings. The number of urea groups is 1. The monoisotopic (exact) mass is 376 g/mol. The van der Waals surface area contributed by atoms with Gasteiger partial charge in [0.15, 0.2) is 18.0 Å². The van der Waals surface area contributed by atoms with Gasteiger partial charge in [-0.2, -0.15) is 0 Å². The number of rotatable bonds is 6. The number of carbonyl (C=O) groups excluding carboxylic acids is 2. The van der Waals surface area contributed by atoms with E-state index in [2.05, 4.69) is 30.5 Å². The highest BCUT2D eigenvalue weighted by Gasteiger charge is 2.32. The van der Waals surface area contributed by atoms with Crippen LogP contribution in [-0.4, -0.2) is 44.8 Å². The van der Waals surface area contributed by atoms with Crippen LogP contribution in [0.2, 0.25) is 0 Å². The molecule has 0 spiro atoms. The number of benzene rings is 1. The van der Waals surface area contributed by atoms with E-state index in [1.54, 1.807) is 0 Å². The summed E-state index contributed by atoms with van der Waals surface area (Å²) in [5, 5.41) is 5.18. The van der Waals surface area contributed by atoms with E-state index in [1.165, 1.54) is 4.90 Å². The van der Waals surface area contributed by atoms with Crippen LogP contribution in [0, 0.1) is 5.92 Å². The van der Waals surface area contributed by atoms with Gasteiger partial charge in [-0.15, -0.1) is 0 Å². The molecule has 0 aliphatic carbocycles. The molecule has 1 aromatic rings. The quantitative estimate of drug-likeness (QED) is 0.693. The topological polar surface area (TPSA) is 81.1 Å². The van der Waals surface area contributed by atoms with Crippen LogP contribution in [0.5, 0.6) is 11.5 Å². The summed E-state index contributed by atoms with van der Waals surface area (Å²) in [6, 6.07) is 5.86. The molecule has 3 N–H and O–H groups in total. The Morgan fingerprint density at radius 1 is 1.22 bits per heavy atom.